The highest BCUT2D eigenvalue weighted by molar-refractivity contribution is 5.70. The highest BCUT2D eigenvalue weighted by Crippen LogP contribution is 2.25. The number of carboxylic acids is 1. The van der Waals surface area contributed by atoms with Gasteiger partial charge in [0.25, 0.3) is 0 Å². The van der Waals surface area contributed by atoms with Crippen molar-refractivity contribution in [1.82, 2.24) is 4.90 Å². The van der Waals surface area contributed by atoms with E-state index in [9.17, 15) is 18.0 Å². The van der Waals surface area contributed by atoms with Gasteiger partial charge >= 0.3 is 12.1 Å². The number of rotatable bonds is 5. The predicted octanol–water partition coefficient (Wildman–Crippen LogP) is 2.92. The van der Waals surface area contributed by atoms with Crippen molar-refractivity contribution in [3.63, 3.8) is 0 Å². The van der Waals surface area contributed by atoms with Crippen molar-refractivity contribution in [2.45, 2.75) is 25.6 Å². The summed E-state index contributed by atoms with van der Waals surface area (Å²) >= 11 is 0. The van der Waals surface area contributed by atoms with E-state index in [4.69, 9.17) is 9.84 Å². The molecule has 1 saturated heterocycles. The zero-order valence-corrected chi connectivity index (χ0v) is 12.0. The minimum Gasteiger partial charge on any atom is -0.484 e. The fourth-order valence-corrected chi connectivity index (χ4v) is 2.51. The number of carboxylic acid groups (broad SMARTS) is 1. The van der Waals surface area contributed by atoms with Gasteiger partial charge in [0.1, 0.15) is 5.75 Å². The molecule has 7 heteroatoms. The zero-order chi connectivity index (χ0) is 16.2. The summed E-state index contributed by atoms with van der Waals surface area (Å²) in [6, 6.07) is 6.63. The maximum absolute atomic E-state index is 12.3. The molecular formula is C15H18F3NO3. The van der Waals surface area contributed by atoms with Crippen LogP contribution in [0.4, 0.5) is 13.2 Å². The van der Waals surface area contributed by atoms with Gasteiger partial charge in [-0.15, -0.1) is 0 Å². The largest absolute Gasteiger partial charge is 0.484 e. The molecule has 0 atom stereocenters. The minimum atomic E-state index is -4.37. The van der Waals surface area contributed by atoms with E-state index in [1.807, 2.05) is 4.90 Å². The molecule has 0 aliphatic carbocycles. The fourth-order valence-electron chi connectivity index (χ4n) is 2.51. The summed E-state index contributed by atoms with van der Waals surface area (Å²) in [5.74, 6) is -0.887. The highest BCUT2D eigenvalue weighted by atomic mass is 19.4. The lowest BCUT2D eigenvalue weighted by Crippen LogP contribution is -2.36. The van der Waals surface area contributed by atoms with E-state index in [2.05, 4.69) is 0 Å². The third-order valence-electron chi connectivity index (χ3n) is 3.69. The van der Waals surface area contributed by atoms with Gasteiger partial charge in [-0.3, -0.25) is 9.69 Å². The summed E-state index contributed by atoms with van der Waals surface area (Å²) in [5.41, 5.74) is 0.681. The molecule has 1 heterocycles. The van der Waals surface area contributed by atoms with Crippen LogP contribution in [0, 0.1) is 5.92 Å². The highest BCUT2D eigenvalue weighted by Gasteiger charge is 2.29. The van der Waals surface area contributed by atoms with Gasteiger partial charge in [0.2, 0.25) is 0 Å². The first-order valence-corrected chi connectivity index (χ1v) is 7.08. The smallest absolute Gasteiger partial charge is 0.422 e. The summed E-state index contributed by atoms with van der Waals surface area (Å²) < 4.78 is 41.6. The first-order chi connectivity index (χ1) is 10.3. The molecule has 1 aliphatic rings. The van der Waals surface area contributed by atoms with E-state index in [1.165, 1.54) is 6.07 Å². The van der Waals surface area contributed by atoms with Gasteiger partial charge in [-0.2, -0.15) is 13.2 Å². The number of alkyl halides is 3. The number of aliphatic carboxylic acids is 1. The van der Waals surface area contributed by atoms with Gasteiger partial charge in [-0.1, -0.05) is 18.2 Å². The topological polar surface area (TPSA) is 49.8 Å². The summed E-state index contributed by atoms with van der Waals surface area (Å²) in [7, 11) is 0. The van der Waals surface area contributed by atoms with Crippen molar-refractivity contribution >= 4 is 5.97 Å². The quantitative estimate of drug-likeness (QED) is 0.907. The van der Waals surface area contributed by atoms with Gasteiger partial charge < -0.3 is 9.84 Å². The summed E-state index contributed by atoms with van der Waals surface area (Å²) in [6.07, 6.45) is -3.26. The van der Waals surface area contributed by atoms with Crippen LogP contribution in [0.15, 0.2) is 24.3 Å². The molecule has 0 unspecified atom stereocenters. The molecule has 1 aromatic carbocycles. The third-order valence-corrected chi connectivity index (χ3v) is 3.69. The second-order valence-electron chi connectivity index (χ2n) is 5.40. The van der Waals surface area contributed by atoms with Gasteiger partial charge in [-0.05, 0) is 32.0 Å². The second kappa shape index (κ2) is 7.00. The van der Waals surface area contributed by atoms with Crippen LogP contribution < -0.4 is 4.74 Å². The number of nitrogens with zero attached hydrogens (tertiary/aromatic N) is 1. The molecule has 0 aromatic heterocycles. The van der Waals surface area contributed by atoms with E-state index in [0.29, 0.717) is 38.0 Å². The Labute approximate surface area is 126 Å². The van der Waals surface area contributed by atoms with Crippen LogP contribution in [0.3, 0.4) is 0 Å². The summed E-state index contributed by atoms with van der Waals surface area (Å²) in [4.78, 5) is 12.9. The van der Waals surface area contributed by atoms with Gasteiger partial charge in [-0.25, -0.2) is 0 Å². The molecule has 0 amide bonds. The van der Waals surface area contributed by atoms with E-state index in [0.717, 1.165) is 0 Å². The molecule has 1 N–H and O–H groups in total. The first kappa shape index (κ1) is 16.6. The molecule has 22 heavy (non-hydrogen) atoms. The molecule has 0 spiro atoms. The monoisotopic (exact) mass is 317 g/mol. The van der Waals surface area contributed by atoms with Crippen molar-refractivity contribution in [1.29, 1.82) is 0 Å². The Hall–Kier alpha value is -1.76. The number of benzene rings is 1. The lowest BCUT2D eigenvalue weighted by molar-refractivity contribution is -0.153. The van der Waals surface area contributed by atoms with Crippen LogP contribution in [0.2, 0.25) is 0 Å². The third kappa shape index (κ3) is 4.91. The van der Waals surface area contributed by atoms with Crippen molar-refractivity contribution in [3.05, 3.63) is 29.8 Å². The van der Waals surface area contributed by atoms with Crippen LogP contribution in [0.25, 0.3) is 0 Å². The van der Waals surface area contributed by atoms with Crippen molar-refractivity contribution in [3.8, 4) is 5.75 Å². The SMILES string of the molecule is O=C(O)C1CCN(Cc2ccccc2OCC(F)(F)F)CC1. The molecule has 1 fully saturated rings. The summed E-state index contributed by atoms with van der Waals surface area (Å²) in [5, 5.41) is 8.96. The zero-order valence-electron chi connectivity index (χ0n) is 12.0. The first-order valence-electron chi connectivity index (χ1n) is 7.08. The average Bonchev–Trinajstić information content (AvgIpc) is 2.46. The number of carbonyl (C=O) groups is 1. The van der Waals surface area contributed by atoms with Crippen LogP contribution in [-0.2, 0) is 11.3 Å². The molecule has 4 nitrogen and oxygen atoms in total. The van der Waals surface area contributed by atoms with E-state index >= 15 is 0 Å². The average molecular weight is 317 g/mol. The van der Waals surface area contributed by atoms with Gasteiger partial charge in [0.15, 0.2) is 6.61 Å². The Bertz CT molecular complexity index is 511. The van der Waals surface area contributed by atoms with E-state index in [1.54, 1.807) is 18.2 Å². The maximum Gasteiger partial charge on any atom is 0.422 e. The molecule has 0 saturated carbocycles. The number of likely N-dealkylation sites (tertiary alicyclic amines) is 1. The minimum absolute atomic E-state index is 0.222. The standard InChI is InChI=1S/C15H18F3NO3/c16-15(17,18)10-22-13-4-2-1-3-12(13)9-19-7-5-11(6-8-19)14(20)21/h1-4,11H,5-10H2,(H,20,21). The van der Waals surface area contributed by atoms with Crippen molar-refractivity contribution in [2.75, 3.05) is 19.7 Å². The Morgan fingerprint density at radius 3 is 2.50 bits per heavy atom. The molecule has 2 rings (SSSR count). The molecular weight excluding hydrogens is 299 g/mol. The Balaban J connectivity index is 1.94. The molecule has 1 aromatic rings. The Kier molecular flexibility index (Phi) is 5.28. The number of ether oxygens (including phenoxy) is 1. The Morgan fingerprint density at radius 1 is 1.27 bits per heavy atom. The van der Waals surface area contributed by atoms with Crippen molar-refractivity contribution in [2.24, 2.45) is 5.92 Å². The number of hydrogen-bond acceptors (Lipinski definition) is 3. The van der Waals surface area contributed by atoms with Crippen LogP contribution in [0.1, 0.15) is 18.4 Å². The van der Waals surface area contributed by atoms with Crippen LogP contribution in [-0.4, -0.2) is 41.8 Å². The number of piperidine rings is 1. The number of hydrogen-bond donors (Lipinski definition) is 1. The predicted molar refractivity (Wildman–Crippen MR) is 73.6 cm³/mol. The van der Waals surface area contributed by atoms with E-state index < -0.39 is 18.8 Å². The lowest BCUT2D eigenvalue weighted by atomic mass is 9.97. The van der Waals surface area contributed by atoms with Crippen LogP contribution in [0.5, 0.6) is 5.75 Å². The molecule has 1 aliphatic heterocycles. The van der Waals surface area contributed by atoms with Crippen LogP contribution >= 0.6 is 0 Å². The Morgan fingerprint density at radius 2 is 1.91 bits per heavy atom. The lowest BCUT2D eigenvalue weighted by Gasteiger charge is -2.30. The second-order valence-corrected chi connectivity index (χ2v) is 5.40. The molecule has 0 bridgehead atoms. The molecule has 122 valence electrons. The fraction of sp³-hybridized carbons (Fsp3) is 0.533. The number of halogens is 3. The van der Waals surface area contributed by atoms with Gasteiger partial charge in [0, 0.05) is 12.1 Å². The van der Waals surface area contributed by atoms with E-state index in [-0.39, 0.29) is 11.7 Å². The summed E-state index contributed by atoms with van der Waals surface area (Å²) in [6.45, 7) is 0.376. The normalized spacial score (nSPS) is 17.4. The maximum atomic E-state index is 12.3. The molecule has 0 radical (unpaired) electrons. The van der Waals surface area contributed by atoms with Gasteiger partial charge in [0.05, 0.1) is 5.92 Å². The number of para-hydroxylation sites is 1. The van der Waals surface area contributed by atoms with Crippen molar-refractivity contribution < 1.29 is 27.8 Å².